The highest BCUT2D eigenvalue weighted by Gasteiger charge is 2.21. The molecule has 0 aliphatic heterocycles. The summed E-state index contributed by atoms with van der Waals surface area (Å²) in [6.07, 6.45) is 1.84. The molecule has 4 heteroatoms. The molecule has 0 unspecified atom stereocenters. The zero-order valence-corrected chi connectivity index (χ0v) is 18.3. The van der Waals surface area contributed by atoms with Crippen LogP contribution < -0.4 is 14.2 Å². The normalized spacial score (nSPS) is 11.5. The topological polar surface area (TPSA) is 40.0 Å². The van der Waals surface area contributed by atoms with Crippen molar-refractivity contribution in [2.24, 2.45) is 4.99 Å². The number of methoxy groups -OCH3 is 2. The van der Waals surface area contributed by atoms with Gasteiger partial charge in [-0.1, -0.05) is 57.2 Å². The van der Waals surface area contributed by atoms with Crippen molar-refractivity contribution in [3.05, 3.63) is 83.4 Å². The molecular weight excluding hydrogens is 374 g/mol. The molecule has 3 rings (SSSR count). The lowest BCUT2D eigenvalue weighted by atomic mass is 9.85. The fraction of sp³-hybridized carbons (Fsp3) is 0.269. The number of para-hydroxylation sites is 3. The predicted molar refractivity (Wildman–Crippen MR) is 123 cm³/mol. The Morgan fingerprint density at radius 1 is 0.833 bits per heavy atom. The molecule has 156 valence electrons. The maximum Gasteiger partial charge on any atom is 0.144 e. The zero-order chi connectivity index (χ0) is 21.6. The molecule has 0 atom stereocenters. The highest BCUT2D eigenvalue weighted by Crippen LogP contribution is 2.35. The average Bonchev–Trinajstić information content (AvgIpc) is 2.76. The molecule has 0 aromatic heterocycles. The van der Waals surface area contributed by atoms with Gasteiger partial charge >= 0.3 is 0 Å². The van der Waals surface area contributed by atoms with Crippen LogP contribution in [0.2, 0.25) is 0 Å². The van der Waals surface area contributed by atoms with Crippen molar-refractivity contribution < 1.29 is 14.2 Å². The molecule has 3 aromatic carbocycles. The van der Waals surface area contributed by atoms with Gasteiger partial charge in [0.2, 0.25) is 0 Å². The number of rotatable bonds is 7. The van der Waals surface area contributed by atoms with E-state index in [0.717, 1.165) is 39.6 Å². The van der Waals surface area contributed by atoms with E-state index in [1.54, 1.807) is 14.2 Å². The number of benzene rings is 3. The third-order valence-electron chi connectivity index (χ3n) is 4.82. The number of hydrogen-bond acceptors (Lipinski definition) is 4. The van der Waals surface area contributed by atoms with E-state index in [2.05, 4.69) is 31.8 Å². The van der Waals surface area contributed by atoms with E-state index < -0.39 is 0 Å². The lowest BCUT2D eigenvalue weighted by Crippen LogP contribution is -2.14. The van der Waals surface area contributed by atoms with Crippen LogP contribution in [-0.2, 0) is 12.0 Å². The fourth-order valence-corrected chi connectivity index (χ4v) is 3.16. The summed E-state index contributed by atoms with van der Waals surface area (Å²) >= 11 is 0. The van der Waals surface area contributed by atoms with Crippen LogP contribution in [-0.4, -0.2) is 20.4 Å². The van der Waals surface area contributed by atoms with E-state index in [-0.39, 0.29) is 5.41 Å². The van der Waals surface area contributed by atoms with Crippen molar-refractivity contribution in [3.63, 3.8) is 0 Å². The Labute approximate surface area is 179 Å². The first-order chi connectivity index (χ1) is 14.4. The van der Waals surface area contributed by atoms with Crippen LogP contribution in [0.25, 0.3) is 0 Å². The molecule has 0 aliphatic rings. The van der Waals surface area contributed by atoms with Gasteiger partial charge in [0.15, 0.2) is 0 Å². The van der Waals surface area contributed by atoms with Gasteiger partial charge in [0.1, 0.15) is 29.5 Å². The van der Waals surface area contributed by atoms with Gasteiger partial charge in [-0.2, -0.15) is 0 Å². The molecular formula is C26H29NO3. The lowest BCUT2D eigenvalue weighted by Gasteiger charge is -2.24. The maximum absolute atomic E-state index is 6.34. The Morgan fingerprint density at radius 2 is 1.57 bits per heavy atom. The number of nitrogens with zero attached hydrogens (tertiary/aromatic N) is 1. The Kier molecular flexibility index (Phi) is 6.78. The fourth-order valence-electron chi connectivity index (χ4n) is 3.16. The minimum Gasteiger partial charge on any atom is -0.497 e. The van der Waals surface area contributed by atoms with Crippen LogP contribution in [0.5, 0.6) is 17.2 Å². The molecule has 0 amide bonds. The molecule has 0 N–H and O–H groups in total. The molecule has 0 saturated carbocycles. The monoisotopic (exact) mass is 403 g/mol. The van der Waals surface area contributed by atoms with Crippen molar-refractivity contribution >= 4 is 11.9 Å². The van der Waals surface area contributed by atoms with Crippen molar-refractivity contribution in [1.29, 1.82) is 0 Å². The largest absolute Gasteiger partial charge is 0.497 e. The van der Waals surface area contributed by atoms with Gasteiger partial charge in [-0.3, -0.25) is 4.99 Å². The minimum atomic E-state index is -0.0659. The number of hydrogen-bond donors (Lipinski definition) is 0. The van der Waals surface area contributed by atoms with Gasteiger partial charge in [-0.15, -0.1) is 0 Å². The van der Waals surface area contributed by atoms with Crippen LogP contribution in [0.1, 0.15) is 37.5 Å². The maximum atomic E-state index is 6.34. The van der Waals surface area contributed by atoms with Crippen molar-refractivity contribution in [2.75, 3.05) is 14.2 Å². The van der Waals surface area contributed by atoms with Crippen LogP contribution in [0.4, 0.5) is 5.69 Å². The molecule has 0 heterocycles. The summed E-state index contributed by atoms with van der Waals surface area (Å²) in [6.45, 7) is 7.02. The molecule has 0 radical (unpaired) electrons. The van der Waals surface area contributed by atoms with Crippen molar-refractivity contribution in [1.82, 2.24) is 0 Å². The highest BCUT2D eigenvalue weighted by atomic mass is 16.5. The van der Waals surface area contributed by atoms with Crippen LogP contribution >= 0.6 is 0 Å². The molecule has 3 aromatic rings. The highest BCUT2D eigenvalue weighted by molar-refractivity contribution is 5.87. The van der Waals surface area contributed by atoms with E-state index in [1.807, 2.05) is 66.9 Å². The van der Waals surface area contributed by atoms with Crippen molar-refractivity contribution in [3.8, 4) is 17.2 Å². The van der Waals surface area contributed by atoms with Gasteiger partial charge in [0, 0.05) is 17.3 Å². The average molecular weight is 404 g/mol. The summed E-state index contributed by atoms with van der Waals surface area (Å²) < 4.78 is 17.0. The summed E-state index contributed by atoms with van der Waals surface area (Å²) in [5.74, 6) is 2.42. The Morgan fingerprint density at radius 3 is 2.23 bits per heavy atom. The number of aliphatic imine (C=N–C) groups is 1. The van der Waals surface area contributed by atoms with Gasteiger partial charge in [-0.05, 0) is 41.3 Å². The van der Waals surface area contributed by atoms with E-state index >= 15 is 0 Å². The Hall–Kier alpha value is -3.27. The molecule has 0 aliphatic carbocycles. The second-order valence-corrected chi connectivity index (χ2v) is 8.04. The predicted octanol–water partition coefficient (Wildman–Crippen LogP) is 6.33. The van der Waals surface area contributed by atoms with Crippen LogP contribution in [0, 0.1) is 0 Å². The summed E-state index contributed by atoms with van der Waals surface area (Å²) in [4.78, 5) is 4.66. The smallest absolute Gasteiger partial charge is 0.144 e. The summed E-state index contributed by atoms with van der Waals surface area (Å²) in [7, 11) is 3.32. The van der Waals surface area contributed by atoms with E-state index in [1.165, 1.54) is 0 Å². The standard InChI is InChI=1S/C26H29NO3/c1-26(2,3)22-10-8-9-20(17-27-23-11-6-7-12-24(23)29-5)25(22)30-18-19-13-15-21(28-4)16-14-19/h6-17H,18H2,1-5H3. The SMILES string of the molecule is COc1ccc(COc2c(C=Nc3ccccc3OC)cccc2C(C)(C)C)cc1. The lowest BCUT2D eigenvalue weighted by molar-refractivity contribution is 0.297. The summed E-state index contributed by atoms with van der Waals surface area (Å²) in [5.41, 5.74) is 3.86. The molecule has 0 saturated heterocycles. The van der Waals surface area contributed by atoms with E-state index in [9.17, 15) is 0 Å². The molecule has 0 fully saturated rings. The summed E-state index contributed by atoms with van der Waals surface area (Å²) in [6, 6.07) is 21.8. The second kappa shape index (κ2) is 9.49. The number of ether oxygens (including phenoxy) is 3. The molecule has 0 spiro atoms. The molecule has 4 nitrogen and oxygen atoms in total. The van der Waals surface area contributed by atoms with Gasteiger partial charge in [0.25, 0.3) is 0 Å². The van der Waals surface area contributed by atoms with Crippen LogP contribution in [0.3, 0.4) is 0 Å². The minimum absolute atomic E-state index is 0.0659. The zero-order valence-electron chi connectivity index (χ0n) is 18.3. The third kappa shape index (κ3) is 5.20. The first-order valence-corrected chi connectivity index (χ1v) is 9.98. The molecule has 30 heavy (non-hydrogen) atoms. The Bertz CT molecular complexity index is 1000. The van der Waals surface area contributed by atoms with Crippen molar-refractivity contribution in [2.45, 2.75) is 32.8 Å². The summed E-state index contributed by atoms with van der Waals surface area (Å²) in [5, 5.41) is 0. The van der Waals surface area contributed by atoms with Gasteiger partial charge < -0.3 is 14.2 Å². The van der Waals surface area contributed by atoms with Gasteiger partial charge in [-0.25, -0.2) is 0 Å². The van der Waals surface area contributed by atoms with E-state index in [0.29, 0.717) is 6.61 Å². The van der Waals surface area contributed by atoms with Crippen LogP contribution in [0.15, 0.2) is 71.7 Å². The second-order valence-electron chi connectivity index (χ2n) is 8.04. The first kappa shape index (κ1) is 21.4. The van der Waals surface area contributed by atoms with Gasteiger partial charge in [0.05, 0.1) is 14.2 Å². The third-order valence-corrected chi connectivity index (χ3v) is 4.82. The van der Waals surface area contributed by atoms with E-state index in [4.69, 9.17) is 14.2 Å². The molecule has 0 bridgehead atoms. The quantitative estimate of drug-likeness (QED) is 0.433. The first-order valence-electron chi connectivity index (χ1n) is 9.98. The Balaban J connectivity index is 1.93.